The fourth-order valence-corrected chi connectivity index (χ4v) is 2.44. The van der Waals surface area contributed by atoms with Gasteiger partial charge in [0.1, 0.15) is 0 Å². The first kappa shape index (κ1) is 13.6. The zero-order valence-electron chi connectivity index (χ0n) is 11.8. The Bertz CT molecular complexity index is 365. The molecule has 1 saturated carbocycles. The van der Waals surface area contributed by atoms with E-state index in [-0.39, 0.29) is 0 Å². The van der Waals surface area contributed by atoms with E-state index in [0.29, 0.717) is 11.3 Å². The van der Waals surface area contributed by atoms with Crippen LogP contribution in [-0.4, -0.2) is 26.8 Å². The predicted octanol–water partition coefficient (Wildman–Crippen LogP) is 3.08. The van der Waals surface area contributed by atoms with E-state index in [1.807, 2.05) is 0 Å². The number of ether oxygens (including phenoxy) is 1. The molecular formula is C16H25NO. The van der Waals surface area contributed by atoms with Gasteiger partial charge in [0.2, 0.25) is 0 Å². The van der Waals surface area contributed by atoms with Gasteiger partial charge >= 0.3 is 0 Å². The van der Waals surface area contributed by atoms with Crippen molar-refractivity contribution in [2.24, 2.45) is 0 Å². The Morgan fingerprint density at radius 2 is 1.89 bits per heavy atom. The molecule has 0 radical (unpaired) electrons. The standard InChI is InChI=1S/C16H25NO/c1-13(2)14-4-6-15(7-5-14)16(8-9-16)12-17-10-11-18-3/h4-7,13,17H,8-12H2,1-3H3. The Balaban J connectivity index is 1.93. The molecule has 1 N–H and O–H groups in total. The van der Waals surface area contributed by atoms with Gasteiger partial charge < -0.3 is 10.1 Å². The van der Waals surface area contributed by atoms with Gasteiger partial charge in [0, 0.05) is 25.6 Å². The predicted molar refractivity (Wildman–Crippen MR) is 76.2 cm³/mol. The van der Waals surface area contributed by atoms with Crippen molar-refractivity contribution in [3.63, 3.8) is 0 Å². The van der Waals surface area contributed by atoms with Crippen molar-refractivity contribution in [3.8, 4) is 0 Å². The SMILES string of the molecule is COCCNCC1(c2ccc(C(C)C)cc2)CC1. The van der Waals surface area contributed by atoms with Crippen molar-refractivity contribution in [3.05, 3.63) is 35.4 Å². The van der Waals surface area contributed by atoms with Gasteiger partial charge in [0.15, 0.2) is 0 Å². The fraction of sp³-hybridized carbons (Fsp3) is 0.625. The molecule has 1 aliphatic rings. The third-order valence-corrected chi connectivity index (χ3v) is 3.99. The molecule has 1 aliphatic carbocycles. The lowest BCUT2D eigenvalue weighted by atomic mass is 9.93. The Morgan fingerprint density at radius 3 is 2.39 bits per heavy atom. The topological polar surface area (TPSA) is 21.3 Å². The lowest BCUT2D eigenvalue weighted by molar-refractivity contribution is 0.198. The number of methoxy groups -OCH3 is 1. The minimum Gasteiger partial charge on any atom is -0.383 e. The van der Waals surface area contributed by atoms with Crippen molar-refractivity contribution in [1.29, 1.82) is 0 Å². The Kier molecular flexibility index (Phi) is 4.41. The second-order valence-corrected chi connectivity index (χ2v) is 5.73. The average Bonchev–Trinajstić information content (AvgIpc) is 3.16. The molecule has 1 aromatic rings. The zero-order chi connectivity index (χ0) is 13.0. The van der Waals surface area contributed by atoms with E-state index in [9.17, 15) is 0 Å². The van der Waals surface area contributed by atoms with Crippen LogP contribution in [0.4, 0.5) is 0 Å². The number of nitrogens with one attached hydrogen (secondary N) is 1. The van der Waals surface area contributed by atoms with Gasteiger partial charge in [-0.05, 0) is 29.9 Å². The van der Waals surface area contributed by atoms with E-state index in [1.54, 1.807) is 7.11 Å². The first-order valence-electron chi connectivity index (χ1n) is 6.98. The van der Waals surface area contributed by atoms with Crippen LogP contribution >= 0.6 is 0 Å². The quantitative estimate of drug-likeness (QED) is 0.748. The zero-order valence-corrected chi connectivity index (χ0v) is 11.8. The van der Waals surface area contributed by atoms with E-state index >= 15 is 0 Å². The van der Waals surface area contributed by atoms with Crippen molar-refractivity contribution in [1.82, 2.24) is 5.32 Å². The summed E-state index contributed by atoms with van der Waals surface area (Å²) in [5.41, 5.74) is 3.34. The van der Waals surface area contributed by atoms with Gasteiger partial charge in [0.25, 0.3) is 0 Å². The van der Waals surface area contributed by atoms with Crippen molar-refractivity contribution >= 4 is 0 Å². The third kappa shape index (κ3) is 3.12. The summed E-state index contributed by atoms with van der Waals surface area (Å²) in [6, 6.07) is 9.21. The van der Waals surface area contributed by atoms with E-state index < -0.39 is 0 Å². The molecule has 0 amide bonds. The van der Waals surface area contributed by atoms with Crippen LogP contribution in [-0.2, 0) is 10.2 Å². The van der Waals surface area contributed by atoms with Gasteiger partial charge in [0.05, 0.1) is 6.61 Å². The lowest BCUT2D eigenvalue weighted by Crippen LogP contribution is -2.29. The van der Waals surface area contributed by atoms with Crippen LogP contribution in [0.5, 0.6) is 0 Å². The fourth-order valence-electron chi connectivity index (χ4n) is 2.44. The minimum absolute atomic E-state index is 0.406. The normalized spacial score (nSPS) is 17.1. The summed E-state index contributed by atoms with van der Waals surface area (Å²) in [4.78, 5) is 0. The monoisotopic (exact) mass is 247 g/mol. The van der Waals surface area contributed by atoms with E-state index in [1.165, 1.54) is 24.0 Å². The summed E-state index contributed by atoms with van der Waals surface area (Å²) in [5, 5.41) is 3.50. The Hall–Kier alpha value is -0.860. The molecule has 0 atom stereocenters. The lowest BCUT2D eigenvalue weighted by Gasteiger charge is -2.17. The highest BCUT2D eigenvalue weighted by atomic mass is 16.5. The number of rotatable bonds is 7. The van der Waals surface area contributed by atoms with Crippen LogP contribution in [0.1, 0.15) is 43.7 Å². The van der Waals surface area contributed by atoms with Crippen LogP contribution in [0.3, 0.4) is 0 Å². The van der Waals surface area contributed by atoms with Gasteiger partial charge in [-0.2, -0.15) is 0 Å². The highest BCUT2D eigenvalue weighted by Gasteiger charge is 2.43. The van der Waals surface area contributed by atoms with Gasteiger partial charge in [-0.1, -0.05) is 38.1 Å². The summed E-state index contributed by atoms with van der Waals surface area (Å²) >= 11 is 0. The molecule has 0 spiro atoms. The maximum absolute atomic E-state index is 5.06. The second kappa shape index (κ2) is 5.85. The molecular weight excluding hydrogens is 222 g/mol. The molecule has 1 fully saturated rings. The maximum atomic E-state index is 5.06. The van der Waals surface area contributed by atoms with E-state index in [2.05, 4.69) is 43.4 Å². The Labute approximate surface area is 111 Å². The first-order chi connectivity index (χ1) is 8.68. The second-order valence-electron chi connectivity index (χ2n) is 5.73. The molecule has 0 aromatic heterocycles. The molecule has 0 aliphatic heterocycles. The molecule has 2 heteroatoms. The average molecular weight is 247 g/mol. The molecule has 0 saturated heterocycles. The molecule has 2 rings (SSSR count). The van der Waals surface area contributed by atoms with E-state index in [0.717, 1.165) is 19.7 Å². The molecule has 0 bridgehead atoms. The molecule has 18 heavy (non-hydrogen) atoms. The summed E-state index contributed by atoms with van der Waals surface area (Å²) in [6.45, 7) is 7.31. The highest BCUT2D eigenvalue weighted by molar-refractivity contribution is 5.35. The minimum atomic E-state index is 0.406. The molecule has 0 unspecified atom stereocenters. The third-order valence-electron chi connectivity index (χ3n) is 3.99. The maximum Gasteiger partial charge on any atom is 0.0587 e. The van der Waals surface area contributed by atoms with Crippen LogP contribution in [0.2, 0.25) is 0 Å². The van der Waals surface area contributed by atoms with Crippen LogP contribution in [0.25, 0.3) is 0 Å². The summed E-state index contributed by atoms with van der Waals surface area (Å²) in [7, 11) is 1.75. The summed E-state index contributed by atoms with van der Waals surface area (Å²) in [5.74, 6) is 0.619. The van der Waals surface area contributed by atoms with Crippen molar-refractivity contribution in [2.45, 2.75) is 38.0 Å². The van der Waals surface area contributed by atoms with Gasteiger partial charge in [-0.15, -0.1) is 0 Å². The largest absolute Gasteiger partial charge is 0.383 e. The van der Waals surface area contributed by atoms with Crippen molar-refractivity contribution < 1.29 is 4.74 Å². The molecule has 0 heterocycles. The van der Waals surface area contributed by atoms with Gasteiger partial charge in [-0.25, -0.2) is 0 Å². The number of hydrogen-bond acceptors (Lipinski definition) is 2. The summed E-state index contributed by atoms with van der Waals surface area (Å²) in [6.07, 6.45) is 2.63. The first-order valence-corrected chi connectivity index (χ1v) is 6.98. The molecule has 2 nitrogen and oxygen atoms in total. The van der Waals surface area contributed by atoms with Crippen LogP contribution in [0, 0.1) is 0 Å². The summed E-state index contributed by atoms with van der Waals surface area (Å²) < 4.78 is 5.06. The molecule has 1 aromatic carbocycles. The van der Waals surface area contributed by atoms with Crippen molar-refractivity contribution in [2.75, 3.05) is 26.8 Å². The highest BCUT2D eigenvalue weighted by Crippen LogP contribution is 2.47. The Morgan fingerprint density at radius 1 is 1.22 bits per heavy atom. The van der Waals surface area contributed by atoms with Crippen LogP contribution < -0.4 is 5.32 Å². The number of benzene rings is 1. The molecule has 100 valence electrons. The smallest absolute Gasteiger partial charge is 0.0587 e. The van der Waals surface area contributed by atoms with E-state index in [4.69, 9.17) is 4.74 Å². The number of hydrogen-bond donors (Lipinski definition) is 1. The van der Waals surface area contributed by atoms with Gasteiger partial charge in [-0.3, -0.25) is 0 Å². The van der Waals surface area contributed by atoms with Crippen LogP contribution in [0.15, 0.2) is 24.3 Å².